The van der Waals surface area contributed by atoms with Crippen LogP contribution in [0.2, 0.25) is 0 Å². The summed E-state index contributed by atoms with van der Waals surface area (Å²) >= 11 is 0. The van der Waals surface area contributed by atoms with Crippen LogP contribution in [-0.2, 0) is 21.7 Å². The van der Waals surface area contributed by atoms with Crippen molar-refractivity contribution in [3.05, 3.63) is 29.3 Å². The summed E-state index contributed by atoms with van der Waals surface area (Å²) in [5, 5.41) is 20.4. The van der Waals surface area contributed by atoms with Crippen molar-refractivity contribution >= 4 is 17.5 Å². The molecule has 1 aromatic carbocycles. The number of halogens is 5. The highest BCUT2D eigenvalue weighted by atomic mass is 19.4. The zero-order valence-electron chi connectivity index (χ0n) is 22.2. The monoisotopic (exact) mass is 561 g/mol. The predicted octanol–water partition coefficient (Wildman–Crippen LogP) is 3.76. The van der Waals surface area contributed by atoms with Crippen LogP contribution in [-0.4, -0.2) is 82.8 Å². The lowest BCUT2D eigenvalue weighted by Gasteiger charge is -2.37. The molecule has 2 saturated heterocycles. The summed E-state index contributed by atoms with van der Waals surface area (Å²) in [4.78, 5) is 30.5. The van der Waals surface area contributed by atoms with Crippen LogP contribution >= 0.6 is 0 Å². The molecule has 12 heteroatoms. The maximum absolute atomic E-state index is 13.9. The minimum Gasteiger partial charge on any atom is -0.394 e. The van der Waals surface area contributed by atoms with E-state index < -0.39 is 48.0 Å². The molecule has 218 valence electrons. The fourth-order valence-electron chi connectivity index (χ4n) is 5.91. The molecule has 3 fully saturated rings. The molecule has 1 aliphatic carbocycles. The zero-order valence-corrected chi connectivity index (χ0v) is 22.2. The maximum Gasteiger partial charge on any atom is 0.416 e. The summed E-state index contributed by atoms with van der Waals surface area (Å²) in [5.74, 6) is -4.15. The predicted molar refractivity (Wildman–Crippen MR) is 133 cm³/mol. The van der Waals surface area contributed by atoms with Crippen LogP contribution in [0.25, 0.3) is 0 Å². The molecular weight excluding hydrogens is 525 g/mol. The van der Waals surface area contributed by atoms with Gasteiger partial charge >= 0.3 is 6.18 Å². The Morgan fingerprint density at radius 1 is 1.10 bits per heavy atom. The molecule has 3 atom stereocenters. The number of piperidine rings is 1. The van der Waals surface area contributed by atoms with E-state index in [9.17, 15) is 41.8 Å². The highest BCUT2D eigenvalue weighted by Gasteiger charge is 2.51. The van der Waals surface area contributed by atoms with Crippen LogP contribution in [0, 0.1) is 5.41 Å². The SMILES string of the molecule is C[C@H]1CN([C@H](CO)CCC(=O)N2CCC3(CC3)[C@H](O)C2)C(=O)CCN1c1ccc(C(C)(F)F)c(C(F)(F)F)c1. The van der Waals surface area contributed by atoms with E-state index in [0.717, 1.165) is 25.3 Å². The first-order chi connectivity index (χ1) is 18.2. The van der Waals surface area contributed by atoms with Gasteiger partial charge in [0.15, 0.2) is 0 Å². The van der Waals surface area contributed by atoms with E-state index in [1.807, 2.05) is 0 Å². The van der Waals surface area contributed by atoms with E-state index in [0.29, 0.717) is 19.5 Å². The van der Waals surface area contributed by atoms with Gasteiger partial charge in [0.25, 0.3) is 5.92 Å². The molecule has 1 saturated carbocycles. The average molecular weight is 562 g/mol. The quantitative estimate of drug-likeness (QED) is 0.496. The molecule has 0 aromatic heterocycles. The molecule has 7 nitrogen and oxygen atoms in total. The van der Waals surface area contributed by atoms with Crippen molar-refractivity contribution in [2.24, 2.45) is 5.41 Å². The summed E-state index contributed by atoms with van der Waals surface area (Å²) in [7, 11) is 0. The van der Waals surface area contributed by atoms with Crippen molar-refractivity contribution in [1.82, 2.24) is 9.80 Å². The summed E-state index contributed by atoms with van der Waals surface area (Å²) in [6.45, 7) is 2.73. The third-order valence-corrected chi connectivity index (χ3v) is 8.56. The first-order valence-electron chi connectivity index (χ1n) is 13.4. The van der Waals surface area contributed by atoms with E-state index in [2.05, 4.69) is 0 Å². The fourth-order valence-corrected chi connectivity index (χ4v) is 5.91. The van der Waals surface area contributed by atoms with Gasteiger partial charge in [-0.05, 0) is 50.2 Å². The molecule has 0 unspecified atom stereocenters. The Kier molecular flexibility index (Phi) is 8.20. The van der Waals surface area contributed by atoms with Crippen molar-refractivity contribution < 1.29 is 41.8 Å². The number of hydrogen-bond acceptors (Lipinski definition) is 5. The Hall–Kier alpha value is -2.47. The molecule has 1 spiro atoms. The lowest BCUT2D eigenvalue weighted by Crippen LogP contribution is -2.49. The van der Waals surface area contributed by atoms with Crippen LogP contribution in [0.5, 0.6) is 0 Å². The van der Waals surface area contributed by atoms with Gasteiger partial charge in [-0.3, -0.25) is 9.59 Å². The van der Waals surface area contributed by atoms with E-state index in [1.54, 1.807) is 16.7 Å². The van der Waals surface area contributed by atoms with Crippen molar-refractivity contribution in [3.63, 3.8) is 0 Å². The molecule has 4 rings (SSSR count). The van der Waals surface area contributed by atoms with Crippen molar-refractivity contribution in [2.45, 2.75) is 82.7 Å². The number of β-amino-alcohol motifs (C(OH)–C–C–N with tert-alkyl or cyclic N) is 1. The van der Waals surface area contributed by atoms with Gasteiger partial charge in [0, 0.05) is 63.2 Å². The molecule has 39 heavy (non-hydrogen) atoms. The summed E-state index contributed by atoms with van der Waals surface area (Å²) in [5.41, 5.74) is -2.50. The first-order valence-corrected chi connectivity index (χ1v) is 13.4. The smallest absolute Gasteiger partial charge is 0.394 e. The molecular formula is C27H36F5N3O4. The second-order valence-corrected chi connectivity index (χ2v) is 11.3. The molecule has 1 aromatic rings. The lowest BCUT2D eigenvalue weighted by atomic mass is 9.90. The summed E-state index contributed by atoms with van der Waals surface area (Å²) in [6.07, 6.45) is -2.60. The van der Waals surface area contributed by atoms with E-state index in [1.165, 1.54) is 11.0 Å². The third-order valence-electron chi connectivity index (χ3n) is 8.56. The Labute approximate surface area is 224 Å². The first kappa shape index (κ1) is 29.5. The normalized spacial score (nSPS) is 24.6. The molecule has 0 radical (unpaired) electrons. The Balaban J connectivity index is 1.44. The number of likely N-dealkylation sites (tertiary alicyclic amines) is 1. The van der Waals surface area contributed by atoms with Crippen molar-refractivity contribution in [1.29, 1.82) is 0 Å². The molecule has 3 aliphatic rings. The molecule has 0 bridgehead atoms. The topological polar surface area (TPSA) is 84.3 Å². The van der Waals surface area contributed by atoms with E-state index in [-0.39, 0.29) is 61.8 Å². The van der Waals surface area contributed by atoms with Crippen LogP contribution in [0.15, 0.2) is 18.2 Å². The number of carbonyl (C=O) groups excluding carboxylic acids is 2. The van der Waals surface area contributed by atoms with Crippen molar-refractivity contribution in [2.75, 3.05) is 37.7 Å². The second kappa shape index (κ2) is 10.8. The van der Waals surface area contributed by atoms with Gasteiger partial charge in [0.05, 0.1) is 24.3 Å². The summed E-state index contributed by atoms with van der Waals surface area (Å²) < 4.78 is 68.7. The zero-order chi connectivity index (χ0) is 28.8. The van der Waals surface area contributed by atoms with Gasteiger partial charge in [-0.25, -0.2) is 8.78 Å². The van der Waals surface area contributed by atoms with Crippen molar-refractivity contribution in [3.8, 4) is 0 Å². The van der Waals surface area contributed by atoms with Gasteiger partial charge in [-0.2, -0.15) is 13.2 Å². The third kappa shape index (κ3) is 6.32. The number of rotatable bonds is 7. The average Bonchev–Trinajstić information content (AvgIpc) is 3.65. The lowest BCUT2D eigenvalue weighted by molar-refractivity contribution is -0.141. The minimum atomic E-state index is -4.99. The Morgan fingerprint density at radius 3 is 2.36 bits per heavy atom. The molecule has 2 aliphatic heterocycles. The van der Waals surface area contributed by atoms with Gasteiger partial charge in [-0.1, -0.05) is 6.07 Å². The van der Waals surface area contributed by atoms with Gasteiger partial charge < -0.3 is 24.9 Å². The van der Waals surface area contributed by atoms with Crippen LogP contribution in [0.3, 0.4) is 0 Å². The summed E-state index contributed by atoms with van der Waals surface area (Å²) in [6, 6.07) is 1.53. The van der Waals surface area contributed by atoms with Crippen LogP contribution in [0.1, 0.15) is 63.5 Å². The fraction of sp³-hybridized carbons (Fsp3) is 0.704. The van der Waals surface area contributed by atoms with E-state index in [4.69, 9.17) is 0 Å². The number of benzene rings is 1. The Bertz CT molecular complexity index is 1070. The number of nitrogens with zero attached hydrogens (tertiary/aromatic N) is 3. The minimum absolute atomic E-state index is 0.0382. The Morgan fingerprint density at radius 2 is 1.79 bits per heavy atom. The van der Waals surface area contributed by atoms with Crippen LogP contribution in [0.4, 0.5) is 27.6 Å². The molecule has 2 heterocycles. The highest BCUT2D eigenvalue weighted by molar-refractivity contribution is 5.79. The number of aliphatic hydroxyl groups excluding tert-OH is 2. The number of alkyl halides is 5. The molecule has 2 N–H and O–H groups in total. The highest BCUT2D eigenvalue weighted by Crippen LogP contribution is 2.53. The van der Waals surface area contributed by atoms with Gasteiger partial charge in [0.1, 0.15) is 0 Å². The standard InChI is InChI=1S/C27H36F5N3O4/c1-17-14-35(19(16-36)4-6-23(38)33-12-10-26(8-9-26)22(37)15-33)24(39)7-11-34(17)18-3-5-20(25(2,28)29)21(13-18)27(30,31)32/h3,5,13,17,19,22,36-37H,4,6-12,14-16H2,1-2H3/t17-,19-,22+/m0/s1. The number of amides is 2. The van der Waals surface area contributed by atoms with Gasteiger partial charge in [0.2, 0.25) is 11.8 Å². The van der Waals surface area contributed by atoms with Crippen LogP contribution < -0.4 is 4.90 Å². The van der Waals surface area contributed by atoms with E-state index >= 15 is 0 Å². The number of hydrogen-bond donors (Lipinski definition) is 2. The second-order valence-electron chi connectivity index (χ2n) is 11.3. The number of anilines is 1. The molecule has 2 amide bonds. The largest absolute Gasteiger partial charge is 0.416 e. The maximum atomic E-state index is 13.9. The van der Waals surface area contributed by atoms with Gasteiger partial charge in [-0.15, -0.1) is 0 Å². The number of aliphatic hydroxyl groups is 2. The number of carbonyl (C=O) groups is 2.